The molecule has 0 unspecified atom stereocenters. The molecule has 27 heavy (non-hydrogen) atoms. The zero-order chi connectivity index (χ0) is 19.0. The minimum atomic E-state index is -3.16. The number of H-pyrrole nitrogens is 1. The van der Waals surface area contributed by atoms with Crippen molar-refractivity contribution in [1.82, 2.24) is 24.5 Å². The van der Waals surface area contributed by atoms with Crippen molar-refractivity contribution in [3.63, 3.8) is 0 Å². The molecule has 1 aliphatic rings. The number of ether oxygens (including phenoxy) is 1. The Morgan fingerprint density at radius 1 is 1.11 bits per heavy atom. The number of rotatable bonds is 4. The van der Waals surface area contributed by atoms with Crippen LogP contribution in [0.5, 0.6) is 5.75 Å². The topological polar surface area (TPSA) is 104 Å². The lowest BCUT2D eigenvalue weighted by molar-refractivity contribution is 0.387. The van der Waals surface area contributed by atoms with Crippen molar-refractivity contribution in [2.75, 3.05) is 44.4 Å². The molecule has 0 atom stereocenters. The summed E-state index contributed by atoms with van der Waals surface area (Å²) in [7, 11) is -1.53. The van der Waals surface area contributed by atoms with E-state index in [9.17, 15) is 8.42 Å². The van der Waals surface area contributed by atoms with Crippen LogP contribution in [-0.4, -0.2) is 72.4 Å². The lowest BCUT2D eigenvalue weighted by Crippen LogP contribution is -2.48. The fraction of sp³-hybridized carbons (Fsp3) is 0.353. The van der Waals surface area contributed by atoms with E-state index in [-0.39, 0.29) is 0 Å². The summed E-state index contributed by atoms with van der Waals surface area (Å²) in [5.41, 5.74) is 2.32. The van der Waals surface area contributed by atoms with Crippen LogP contribution in [0.2, 0.25) is 0 Å². The molecule has 3 aromatic rings. The molecule has 1 N–H and O–H groups in total. The summed E-state index contributed by atoms with van der Waals surface area (Å²) < 4.78 is 30.1. The van der Waals surface area contributed by atoms with Gasteiger partial charge in [0.2, 0.25) is 10.0 Å². The number of aromatic amines is 1. The van der Waals surface area contributed by atoms with E-state index in [1.165, 1.54) is 16.9 Å². The van der Waals surface area contributed by atoms with Crippen LogP contribution in [0.4, 0.5) is 5.82 Å². The van der Waals surface area contributed by atoms with Gasteiger partial charge in [-0.15, -0.1) is 0 Å². The monoisotopic (exact) mass is 388 g/mol. The summed E-state index contributed by atoms with van der Waals surface area (Å²) >= 11 is 0. The summed E-state index contributed by atoms with van der Waals surface area (Å²) in [6.45, 7) is 2.05. The van der Waals surface area contributed by atoms with Crippen LogP contribution < -0.4 is 9.64 Å². The maximum Gasteiger partial charge on any atom is 0.211 e. The third-order valence-electron chi connectivity index (χ3n) is 4.70. The van der Waals surface area contributed by atoms with Crippen LogP contribution in [0.15, 0.2) is 30.6 Å². The van der Waals surface area contributed by atoms with E-state index in [2.05, 4.69) is 25.1 Å². The van der Waals surface area contributed by atoms with Gasteiger partial charge in [-0.2, -0.15) is 9.40 Å². The standard InChI is InChI=1S/C17H20N6O3S/c1-26-12-3-4-14-13(9-12)17(21-20-14)15-10-16(19-11-18-15)22-5-7-23(8-6-22)27(2,24)25/h3-4,9-11H,5-8H2,1-2H3,(H,20,21). The average molecular weight is 388 g/mol. The van der Waals surface area contributed by atoms with Crippen molar-refractivity contribution < 1.29 is 13.2 Å². The number of anilines is 1. The minimum absolute atomic E-state index is 0.445. The molecule has 0 spiro atoms. The fourth-order valence-electron chi connectivity index (χ4n) is 3.21. The minimum Gasteiger partial charge on any atom is -0.497 e. The summed E-state index contributed by atoms with van der Waals surface area (Å²) in [6, 6.07) is 7.58. The predicted molar refractivity (Wildman–Crippen MR) is 102 cm³/mol. The first-order chi connectivity index (χ1) is 13.0. The van der Waals surface area contributed by atoms with E-state index in [1.54, 1.807) is 7.11 Å². The van der Waals surface area contributed by atoms with Crippen LogP contribution in [0.25, 0.3) is 22.3 Å². The van der Waals surface area contributed by atoms with Crippen LogP contribution in [0, 0.1) is 0 Å². The highest BCUT2D eigenvalue weighted by Gasteiger charge is 2.24. The van der Waals surface area contributed by atoms with Gasteiger partial charge in [0.1, 0.15) is 23.6 Å². The van der Waals surface area contributed by atoms with Gasteiger partial charge < -0.3 is 9.64 Å². The molecule has 9 nitrogen and oxygen atoms in total. The van der Waals surface area contributed by atoms with Crippen molar-refractivity contribution in [2.45, 2.75) is 0 Å². The third-order valence-corrected chi connectivity index (χ3v) is 6.00. The van der Waals surface area contributed by atoms with E-state index in [4.69, 9.17) is 4.74 Å². The van der Waals surface area contributed by atoms with E-state index in [0.29, 0.717) is 31.9 Å². The largest absolute Gasteiger partial charge is 0.497 e. The number of piperazine rings is 1. The van der Waals surface area contributed by atoms with Crippen LogP contribution in [-0.2, 0) is 10.0 Å². The van der Waals surface area contributed by atoms with Crippen molar-refractivity contribution in [3.8, 4) is 17.1 Å². The molecule has 10 heteroatoms. The van der Waals surface area contributed by atoms with Gasteiger partial charge in [-0.1, -0.05) is 0 Å². The molecule has 0 saturated carbocycles. The quantitative estimate of drug-likeness (QED) is 0.714. The molecule has 4 rings (SSSR count). The summed E-state index contributed by atoms with van der Waals surface area (Å²) in [4.78, 5) is 10.8. The highest BCUT2D eigenvalue weighted by molar-refractivity contribution is 7.88. The summed E-state index contributed by atoms with van der Waals surface area (Å²) in [5.74, 6) is 1.50. The average Bonchev–Trinajstić information content (AvgIpc) is 3.10. The molecule has 2 aromatic heterocycles. The molecule has 1 saturated heterocycles. The molecule has 3 heterocycles. The van der Waals surface area contributed by atoms with Gasteiger partial charge in [0.15, 0.2) is 0 Å². The Labute approximate surface area is 157 Å². The first-order valence-corrected chi connectivity index (χ1v) is 10.3. The Kier molecular flexibility index (Phi) is 4.44. The van der Waals surface area contributed by atoms with Crippen molar-refractivity contribution in [1.29, 1.82) is 0 Å². The molecule has 0 amide bonds. The van der Waals surface area contributed by atoms with E-state index in [0.717, 1.165) is 28.2 Å². The van der Waals surface area contributed by atoms with E-state index in [1.807, 2.05) is 24.3 Å². The third kappa shape index (κ3) is 3.45. The van der Waals surface area contributed by atoms with Gasteiger partial charge in [0.05, 0.1) is 24.6 Å². The molecule has 142 valence electrons. The number of nitrogens with zero attached hydrogens (tertiary/aromatic N) is 5. The lowest BCUT2D eigenvalue weighted by Gasteiger charge is -2.33. The van der Waals surface area contributed by atoms with E-state index < -0.39 is 10.0 Å². The van der Waals surface area contributed by atoms with Crippen LogP contribution >= 0.6 is 0 Å². The van der Waals surface area contributed by atoms with Gasteiger partial charge in [-0.25, -0.2) is 18.4 Å². The number of methoxy groups -OCH3 is 1. The first-order valence-electron chi connectivity index (χ1n) is 8.50. The molecule has 1 aliphatic heterocycles. The molecule has 1 aromatic carbocycles. The Bertz CT molecular complexity index is 1070. The maximum atomic E-state index is 11.7. The highest BCUT2D eigenvalue weighted by atomic mass is 32.2. The Hall–Kier alpha value is -2.72. The summed E-state index contributed by atoms with van der Waals surface area (Å²) in [5, 5.41) is 8.32. The van der Waals surface area contributed by atoms with E-state index >= 15 is 0 Å². The van der Waals surface area contributed by atoms with Crippen molar-refractivity contribution >= 4 is 26.7 Å². The molecular weight excluding hydrogens is 368 g/mol. The molecule has 0 radical (unpaired) electrons. The number of hydrogen-bond acceptors (Lipinski definition) is 7. The number of hydrogen-bond donors (Lipinski definition) is 1. The Morgan fingerprint density at radius 3 is 2.59 bits per heavy atom. The number of nitrogens with one attached hydrogen (secondary N) is 1. The number of fused-ring (bicyclic) bond motifs is 1. The smallest absolute Gasteiger partial charge is 0.211 e. The molecule has 0 aliphatic carbocycles. The SMILES string of the molecule is COc1ccc2[nH]nc(-c3cc(N4CCN(S(C)(=O)=O)CC4)ncn3)c2c1. The predicted octanol–water partition coefficient (Wildman–Crippen LogP) is 1.11. The van der Waals surface area contributed by atoms with Gasteiger partial charge in [-0.05, 0) is 18.2 Å². The molecule has 0 bridgehead atoms. The fourth-order valence-corrected chi connectivity index (χ4v) is 4.04. The normalized spacial score (nSPS) is 16.0. The van der Waals surface area contributed by atoms with Gasteiger partial charge in [0, 0.05) is 37.6 Å². The van der Waals surface area contributed by atoms with Gasteiger partial charge in [0.25, 0.3) is 0 Å². The van der Waals surface area contributed by atoms with Gasteiger partial charge in [-0.3, -0.25) is 5.10 Å². The number of sulfonamides is 1. The van der Waals surface area contributed by atoms with Crippen LogP contribution in [0.3, 0.4) is 0 Å². The van der Waals surface area contributed by atoms with Crippen LogP contribution in [0.1, 0.15) is 0 Å². The van der Waals surface area contributed by atoms with Crippen molar-refractivity contribution in [3.05, 3.63) is 30.6 Å². The zero-order valence-electron chi connectivity index (χ0n) is 15.1. The number of aromatic nitrogens is 4. The Morgan fingerprint density at radius 2 is 1.89 bits per heavy atom. The second-order valence-electron chi connectivity index (χ2n) is 6.39. The van der Waals surface area contributed by atoms with Crippen molar-refractivity contribution in [2.24, 2.45) is 0 Å². The second kappa shape index (κ2) is 6.78. The second-order valence-corrected chi connectivity index (χ2v) is 8.38. The molecular formula is C17H20N6O3S. The molecule has 1 fully saturated rings. The lowest BCUT2D eigenvalue weighted by atomic mass is 10.1. The Balaban J connectivity index is 1.62. The van der Waals surface area contributed by atoms with Gasteiger partial charge >= 0.3 is 0 Å². The highest BCUT2D eigenvalue weighted by Crippen LogP contribution is 2.29. The first kappa shape index (κ1) is 17.7. The maximum absolute atomic E-state index is 11.7. The summed E-state index contributed by atoms with van der Waals surface area (Å²) in [6.07, 6.45) is 2.75. The zero-order valence-corrected chi connectivity index (χ0v) is 15.9. The number of benzene rings is 1.